The lowest BCUT2D eigenvalue weighted by Gasteiger charge is -2.14. The average molecular weight is 358 g/mol. The van der Waals surface area contributed by atoms with Gasteiger partial charge in [0, 0.05) is 16.8 Å². The molecule has 0 heterocycles. The van der Waals surface area contributed by atoms with E-state index in [2.05, 4.69) is 10.6 Å². The van der Waals surface area contributed by atoms with Crippen molar-refractivity contribution in [2.45, 2.75) is 19.9 Å². The van der Waals surface area contributed by atoms with Gasteiger partial charge in [-0.3, -0.25) is 9.59 Å². The highest BCUT2D eigenvalue weighted by atomic mass is 16.2. The molecule has 0 saturated carbocycles. The summed E-state index contributed by atoms with van der Waals surface area (Å²) in [7, 11) is 0. The fourth-order valence-electron chi connectivity index (χ4n) is 2.75. The van der Waals surface area contributed by atoms with Gasteiger partial charge >= 0.3 is 0 Å². The fraction of sp³-hybridized carbons (Fsp3) is 0.130. The van der Waals surface area contributed by atoms with Crippen LogP contribution in [0.4, 0.5) is 5.69 Å². The molecule has 4 heteroatoms. The lowest BCUT2D eigenvalue weighted by Crippen LogP contribution is -2.27. The predicted octanol–water partition coefficient (Wildman–Crippen LogP) is 4.74. The lowest BCUT2D eigenvalue weighted by atomic mass is 10.1. The van der Waals surface area contributed by atoms with E-state index in [1.54, 1.807) is 24.3 Å². The predicted molar refractivity (Wildman–Crippen MR) is 108 cm³/mol. The van der Waals surface area contributed by atoms with Crippen LogP contribution in [0.3, 0.4) is 0 Å². The summed E-state index contributed by atoms with van der Waals surface area (Å²) in [6.45, 7) is 3.92. The van der Waals surface area contributed by atoms with Gasteiger partial charge in [0.25, 0.3) is 11.8 Å². The monoisotopic (exact) mass is 358 g/mol. The van der Waals surface area contributed by atoms with Crippen LogP contribution in [0, 0.1) is 6.92 Å². The van der Waals surface area contributed by atoms with Gasteiger partial charge in [-0.25, -0.2) is 0 Å². The van der Waals surface area contributed by atoms with Gasteiger partial charge in [0.15, 0.2) is 0 Å². The molecule has 2 amide bonds. The zero-order chi connectivity index (χ0) is 19.2. The van der Waals surface area contributed by atoms with E-state index in [9.17, 15) is 9.59 Å². The minimum Gasteiger partial charge on any atom is -0.346 e. The second-order valence-corrected chi connectivity index (χ2v) is 6.51. The molecule has 3 rings (SSSR count). The minimum atomic E-state index is -0.246. The van der Waals surface area contributed by atoms with Crippen LogP contribution in [-0.4, -0.2) is 11.8 Å². The number of hydrogen-bond acceptors (Lipinski definition) is 2. The van der Waals surface area contributed by atoms with Crippen LogP contribution in [0.1, 0.15) is 44.8 Å². The summed E-state index contributed by atoms with van der Waals surface area (Å²) in [6.07, 6.45) is 0. The maximum Gasteiger partial charge on any atom is 0.255 e. The highest BCUT2D eigenvalue weighted by molar-refractivity contribution is 6.06. The van der Waals surface area contributed by atoms with E-state index in [1.165, 1.54) is 0 Å². The van der Waals surface area contributed by atoms with Gasteiger partial charge in [0.05, 0.1) is 6.04 Å². The maximum atomic E-state index is 12.6. The summed E-state index contributed by atoms with van der Waals surface area (Å²) in [4.78, 5) is 25.0. The maximum absolute atomic E-state index is 12.6. The van der Waals surface area contributed by atoms with E-state index in [-0.39, 0.29) is 17.9 Å². The second kappa shape index (κ2) is 8.32. The number of carbonyl (C=O) groups excluding carboxylic acids is 2. The number of anilines is 1. The lowest BCUT2D eigenvalue weighted by molar-refractivity contribution is 0.0940. The Kier molecular flexibility index (Phi) is 5.67. The first-order valence-electron chi connectivity index (χ1n) is 8.87. The summed E-state index contributed by atoms with van der Waals surface area (Å²) < 4.78 is 0. The van der Waals surface area contributed by atoms with Crippen molar-refractivity contribution < 1.29 is 9.59 Å². The van der Waals surface area contributed by atoms with Gasteiger partial charge in [-0.05, 0) is 49.7 Å². The second-order valence-electron chi connectivity index (χ2n) is 6.51. The van der Waals surface area contributed by atoms with Gasteiger partial charge in [0.1, 0.15) is 0 Å². The first-order valence-corrected chi connectivity index (χ1v) is 8.87. The van der Waals surface area contributed by atoms with Gasteiger partial charge in [-0.1, -0.05) is 54.1 Å². The molecular formula is C23H22N2O2. The standard InChI is InChI=1S/C23H22N2O2/c1-16-11-13-21(14-12-16)25-23(27)20-10-6-9-19(15-20)22(26)24-17(2)18-7-4-3-5-8-18/h3-15,17H,1-2H3,(H,24,26)(H,25,27). The molecule has 4 nitrogen and oxygen atoms in total. The summed E-state index contributed by atoms with van der Waals surface area (Å²) in [6, 6.07) is 23.9. The zero-order valence-electron chi connectivity index (χ0n) is 15.4. The van der Waals surface area contributed by atoms with Crippen LogP contribution >= 0.6 is 0 Å². The van der Waals surface area contributed by atoms with Crippen LogP contribution < -0.4 is 10.6 Å². The van der Waals surface area contributed by atoms with Crippen LogP contribution in [-0.2, 0) is 0 Å². The molecule has 1 atom stereocenters. The number of rotatable bonds is 5. The van der Waals surface area contributed by atoms with E-state index < -0.39 is 0 Å². The Labute approximate surface area is 159 Å². The fourth-order valence-corrected chi connectivity index (χ4v) is 2.75. The number of aryl methyl sites for hydroxylation is 1. The molecule has 0 radical (unpaired) electrons. The Morgan fingerprint density at radius 1 is 0.778 bits per heavy atom. The van der Waals surface area contributed by atoms with Gasteiger partial charge in [-0.15, -0.1) is 0 Å². The quantitative estimate of drug-likeness (QED) is 0.692. The summed E-state index contributed by atoms with van der Waals surface area (Å²) >= 11 is 0. The first-order chi connectivity index (χ1) is 13.0. The first kappa shape index (κ1) is 18.4. The topological polar surface area (TPSA) is 58.2 Å². The highest BCUT2D eigenvalue weighted by Gasteiger charge is 2.13. The van der Waals surface area contributed by atoms with Crippen LogP contribution in [0.15, 0.2) is 78.9 Å². The molecule has 27 heavy (non-hydrogen) atoms. The van der Waals surface area contributed by atoms with Crippen LogP contribution in [0.2, 0.25) is 0 Å². The highest BCUT2D eigenvalue weighted by Crippen LogP contribution is 2.15. The minimum absolute atomic E-state index is 0.122. The average Bonchev–Trinajstić information content (AvgIpc) is 2.70. The molecule has 3 aromatic carbocycles. The van der Waals surface area contributed by atoms with Crippen molar-refractivity contribution >= 4 is 17.5 Å². The van der Waals surface area contributed by atoms with E-state index in [0.29, 0.717) is 11.1 Å². The molecule has 2 N–H and O–H groups in total. The number of nitrogens with one attached hydrogen (secondary N) is 2. The molecule has 0 spiro atoms. The Morgan fingerprint density at radius 2 is 1.41 bits per heavy atom. The van der Waals surface area contributed by atoms with Crippen molar-refractivity contribution in [2.75, 3.05) is 5.32 Å². The smallest absolute Gasteiger partial charge is 0.255 e. The van der Waals surface area contributed by atoms with Crippen molar-refractivity contribution in [1.29, 1.82) is 0 Å². The zero-order valence-corrected chi connectivity index (χ0v) is 15.4. The third kappa shape index (κ3) is 4.82. The summed E-state index contributed by atoms with van der Waals surface area (Å²) in [5, 5.41) is 5.81. The molecule has 1 unspecified atom stereocenters. The Bertz CT molecular complexity index is 934. The number of hydrogen-bond donors (Lipinski definition) is 2. The van der Waals surface area contributed by atoms with Crippen molar-refractivity contribution in [2.24, 2.45) is 0 Å². The third-order valence-corrected chi connectivity index (χ3v) is 4.34. The molecule has 3 aromatic rings. The van der Waals surface area contributed by atoms with Gasteiger partial charge in [0.2, 0.25) is 0 Å². The van der Waals surface area contributed by atoms with Crippen molar-refractivity contribution in [3.8, 4) is 0 Å². The normalized spacial score (nSPS) is 11.5. The van der Waals surface area contributed by atoms with Crippen molar-refractivity contribution in [3.05, 3.63) is 101 Å². The molecule has 0 saturated heterocycles. The number of amides is 2. The Morgan fingerprint density at radius 3 is 2.07 bits per heavy atom. The largest absolute Gasteiger partial charge is 0.346 e. The molecule has 0 aliphatic rings. The Balaban J connectivity index is 1.69. The molecule has 136 valence electrons. The van der Waals surface area contributed by atoms with Crippen LogP contribution in [0.25, 0.3) is 0 Å². The van der Waals surface area contributed by atoms with Crippen LogP contribution in [0.5, 0.6) is 0 Å². The van der Waals surface area contributed by atoms with E-state index in [0.717, 1.165) is 16.8 Å². The van der Waals surface area contributed by atoms with Crippen molar-refractivity contribution in [1.82, 2.24) is 5.32 Å². The molecule has 0 aliphatic heterocycles. The third-order valence-electron chi connectivity index (χ3n) is 4.34. The van der Waals surface area contributed by atoms with Gasteiger partial charge in [-0.2, -0.15) is 0 Å². The Hall–Kier alpha value is -3.40. The number of benzene rings is 3. The molecule has 0 aliphatic carbocycles. The van der Waals surface area contributed by atoms with Gasteiger partial charge < -0.3 is 10.6 Å². The molecular weight excluding hydrogens is 336 g/mol. The molecule has 0 aromatic heterocycles. The van der Waals surface area contributed by atoms with E-state index in [1.807, 2.05) is 68.4 Å². The number of carbonyl (C=O) groups is 2. The van der Waals surface area contributed by atoms with E-state index >= 15 is 0 Å². The summed E-state index contributed by atoms with van der Waals surface area (Å²) in [5.41, 5.74) is 3.77. The SMILES string of the molecule is Cc1ccc(NC(=O)c2cccc(C(=O)NC(C)c3ccccc3)c2)cc1. The molecule has 0 fully saturated rings. The van der Waals surface area contributed by atoms with E-state index in [4.69, 9.17) is 0 Å². The molecule has 0 bridgehead atoms. The van der Waals surface area contributed by atoms with Crippen molar-refractivity contribution in [3.63, 3.8) is 0 Å². The summed E-state index contributed by atoms with van der Waals surface area (Å²) in [5.74, 6) is -0.457.